The standard InChI is InChI=1S/C14H18O/c1-2-3-9-14-12-7-5-4-6-11(12)13(14)8-10-15-14/h4-7,13H,2-3,8-10H2,1H3/t13-,14+/m1/s1. The van der Waals surface area contributed by atoms with Crippen LogP contribution in [0.2, 0.25) is 0 Å². The van der Waals surface area contributed by atoms with Crippen molar-refractivity contribution in [2.24, 2.45) is 0 Å². The van der Waals surface area contributed by atoms with Crippen LogP contribution >= 0.6 is 0 Å². The predicted octanol–water partition coefficient (Wildman–Crippen LogP) is 3.59. The van der Waals surface area contributed by atoms with E-state index in [1.54, 1.807) is 5.56 Å². The Morgan fingerprint density at radius 3 is 3.13 bits per heavy atom. The molecule has 0 saturated carbocycles. The highest BCUT2D eigenvalue weighted by molar-refractivity contribution is 5.49. The van der Waals surface area contributed by atoms with Gasteiger partial charge in [-0.3, -0.25) is 0 Å². The fourth-order valence-electron chi connectivity index (χ4n) is 3.29. The lowest BCUT2D eigenvalue weighted by Crippen LogP contribution is -2.41. The first-order chi connectivity index (χ1) is 7.38. The van der Waals surface area contributed by atoms with Crippen LogP contribution < -0.4 is 0 Å². The van der Waals surface area contributed by atoms with Crippen molar-refractivity contribution < 1.29 is 4.74 Å². The molecule has 0 spiro atoms. The zero-order chi connectivity index (χ0) is 10.3. The van der Waals surface area contributed by atoms with Gasteiger partial charge in [-0.2, -0.15) is 0 Å². The molecule has 0 unspecified atom stereocenters. The van der Waals surface area contributed by atoms with Crippen molar-refractivity contribution in [2.45, 2.75) is 44.1 Å². The van der Waals surface area contributed by atoms with Gasteiger partial charge in [-0.05, 0) is 24.0 Å². The van der Waals surface area contributed by atoms with Gasteiger partial charge in [0.15, 0.2) is 0 Å². The van der Waals surface area contributed by atoms with Crippen LogP contribution in [-0.2, 0) is 10.3 Å². The van der Waals surface area contributed by atoms with Crippen LogP contribution in [0.5, 0.6) is 0 Å². The summed E-state index contributed by atoms with van der Waals surface area (Å²) in [5.74, 6) is 0.695. The Hall–Kier alpha value is -0.820. The Kier molecular flexibility index (Phi) is 2.10. The minimum atomic E-state index is 0.118. The molecule has 1 heterocycles. The van der Waals surface area contributed by atoms with Crippen molar-refractivity contribution >= 4 is 0 Å². The Balaban J connectivity index is 1.95. The van der Waals surface area contributed by atoms with Crippen molar-refractivity contribution in [2.75, 3.05) is 6.61 Å². The molecular weight excluding hydrogens is 184 g/mol. The van der Waals surface area contributed by atoms with Gasteiger partial charge in [0, 0.05) is 12.5 Å². The van der Waals surface area contributed by atoms with Gasteiger partial charge in [-0.25, -0.2) is 0 Å². The number of rotatable bonds is 3. The normalized spacial score (nSPS) is 31.9. The molecular formula is C14H18O. The topological polar surface area (TPSA) is 9.23 Å². The quantitative estimate of drug-likeness (QED) is 0.727. The van der Waals surface area contributed by atoms with Crippen LogP contribution in [0.25, 0.3) is 0 Å². The predicted molar refractivity (Wildman–Crippen MR) is 61.0 cm³/mol. The van der Waals surface area contributed by atoms with E-state index in [0.29, 0.717) is 5.92 Å². The molecule has 0 N–H and O–H groups in total. The average Bonchev–Trinajstić information content (AvgIpc) is 2.63. The van der Waals surface area contributed by atoms with E-state index in [4.69, 9.17) is 4.74 Å². The van der Waals surface area contributed by atoms with Crippen LogP contribution in [0.3, 0.4) is 0 Å². The highest BCUT2D eigenvalue weighted by Gasteiger charge is 2.54. The van der Waals surface area contributed by atoms with Crippen molar-refractivity contribution in [1.82, 2.24) is 0 Å². The summed E-state index contributed by atoms with van der Waals surface area (Å²) in [6.45, 7) is 3.20. The summed E-state index contributed by atoms with van der Waals surface area (Å²) < 4.78 is 6.07. The molecule has 1 fully saturated rings. The summed E-state index contributed by atoms with van der Waals surface area (Å²) in [6.07, 6.45) is 4.98. The molecule has 2 aliphatic rings. The molecule has 1 aromatic carbocycles. The number of ether oxygens (including phenoxy) is 1. The lowest BCUT2D eigenvalue weighted by molar-refractivity contribution is -0.0378. The third kappa shape index (κ3) is 1.13. The van der Waals surface area contributed by atoms with E-state index < -0.39 is 0 Å². The fraction of sp³-hybridized carbons (Fsp3) is 0.571. The second kappa shape index (κ2) is 3.34. The molecule has 3 rings (SSSR count). The van der Waals surface area contributed by atoms with Gasteiger partial charge in [0.2, 0.25) is 0 Å². The Morgan fingerprint density at radius 2 is 2.27 bits per heavy atom. The van der Waals surface area contributed by atoms with E-state index in [1.165, 1.54) is 31.2 Å². The number of benzene rings is 1. The van der Waals surface area contributed by atoms with Gasteiger partial charge in [0.1, 0.15) is 5.60 Å². The van der Waals surface area contributed by atoms with Crippen molar-refractivity contribution in [3.05, 3.63) is 35.4 Å². The third-order valence-electron chi connectivity index (χ3n) is 4.02. The first kappa shape index (κ1) is 9.41. The number of hydrogen-bond acceptors (Lipinski definition) is 1. The first-order valence-corrected chi connectivity index (χ1v) is 6.12. The maximum Gasteiger partial charge on any atom is 0.100 e. The smallest absolute Gasteiger partial charge is 0.100 e. The summed E-state index contributed by atoms with van der Waals surface area (Å²) in [5, 5.41) is 0. The molecule has 2 atom stereocenters. The van der Waals surface area contributed by atoms with E-state index in [1.807, 2.05) is 0 Å². The van der Waals surface area contributed by atoms with E-state index >= 15 is 0 Å². The molecule has 1 aliphatic carbocycles. The van der Waals surface area contributed by atoms with Crippen molar-refractivity contribution in [1.29, 1.82) is 0 Å². The SMILES string of the molecule is CCCC[C@@]12OCC[C@@H]1c1ccccc12. The number of fused-ring (bicyclic) bond motifs is 4. The maximum atomic E-state index is 6.07. The number of unbranched alkanes of at least 4 members (excludes halogenated alkanes) is 1. The largest absolute Gasteiger partial charge is 0.370 e. The second-order valence-corrected chi connectivity index (χ2v) is 4.77. The summed E-state index contributed by atoms with van der Waals surface area (Å²) in [6, 6.07) is 8.83. The summed E-state index contributed by atoms with van der Waals surface area (Å²) >= 11 is 0. The lowest BCUT2D eigenvalue weighted by Gasteiger charge is -2.46. The molecule has 1 aliphatic heterocycles. The monoisotopic (exact) mass is 202 g/mol. The fourth-order valence-corrected chi connectivity index (χ4v) is 3.29. The lowest BCUT2D eigenvalue weighted by atomic mass is 9.62. The van der Waals surface area contributed by atoms with Gasteiger partial charge >= 0.3 is 0 Å². The molecule has 0 aromatic heterocycles. The second-order valence-electron chi connectivity index (χ2n) is 4.77. The van der Waals surface area contributed by atoms with Gasteiger partial charge < -0.3 is 4.74 Å². The zero-order valence-electron chi connectivity index (χ0n) is 9.33. The first-order valence-electron chi connectivity index (χ1n) is 6.12. The molecule has 0 amide bonds. The van der Waals surface area contributed by atoms with E-state index in [0.717, 1.165) is 6.61 Å². The molecule has 1 nitrogen and oxygen atoms in total. The number of hydrogen-bond donors (Lipinski definition) is 0. The summed E-state index contributed by atoms with van der Waals surface area (Å²) in [5.41, 5.74) is 3.14. The summed E-state index contributed by atoms with van der Waals surface area (Å²) in [7, 11) is 0. The zero-order valence-corrected chi connectivity index (χ0v) is 9.33. The average molecular weight is 202 g/mol. The molecule has 1 heteroatoms. The summed E-state index contributed by atoms with van der Waals surface area (Å²) in [4.78, 5) is 0. The van der Waals surface area contributed by atoms with Crippen LogP contribution in [0.1, 0.15) is 49.7 Å². The molecule has 15 heavy (non-hydrogen) atoms. The van der Waals surface area contributed by atoms with E-state index in [9.17, 15) is 0 Å². The Labute approximate surface area is 91.5 Å². The molecule has 0 radical (unpaired) electrons. The van der Waals surface area contributed by atoms with Crippen molar-refractivity contribution in [3.8, 4) is 0 Å². The van der Waals surface area contributed by atoms with Crippen LogP contribution in [0.15, 0.2) is 24.3 Å². The maximum absolute atomic E-state index is 6.07. The van der Waals surface area contributed by atoms with Gasteiger partial charge in [-0.15, -0.1) is 0 Å². The van der Waals surface area contributed by atoms with Crippen LogP contribution in [0.4, 0.5) is 0 Å². The van der Waals surface area contributed by atoms with Gasteiger partial charge in [0.05, 0.1) is 0 Å². The molecule has 0 bridgehead atoms. The minimum Gasteiger partial charge on any atom is -0.370 e. The third-order valence-corrected chi connectivity index (χ3v) is 4.02. The molecule has 80 valence electrons. The van der Waals surface area contributed by atoms with E-state index in [-0.39, 0.29) is 5.60 Å². The van der Waals surface area contributed by atoms with Crippen molar-refractivity contribution in [3.63, 3.8) is 0 Å². The van der Waals surface area contributed by atoms with Gasteiger partial charge in [-0.1, -0.05) is 44.0 Å². The van der Waals surface area contributed by atoms with Gasteiger partial charge in [0.25, 0.3) is 0 Å². The minimum absolute atomic E-state index is 0.118. The highest BCUT2D eigenvalue weighted by atomic mass is 16.5. The van der Waals surface area contributed by atoms with Crippen LogP contribution in [-0.4, -0.2) is 6.61 Å². The van der Waals surface area contributed by atoms with Crippen LogP contribution in [0, 0.1) is 0 Å². The Morgan fingerprint density at radius 1 is 1.40 bits per heavy atom. The molecule has 1 aromatic rings. The van der Waals surface area contributed by atoms with E-state index in [2.05, 4.69) is 31.2 Å². The highest BCUT2D eigenvalue weighted by Crippen LogP contribution is 2.60. The Bertz CT molecular complexity index is 371. The molecule has 1 saturated heterocycles.